The molecule has 0 amide bonds. The zero-order chi connectivity index (χ0) is 25.5. The van der Waals surface area contributed by atoms with Crippen molar-refractivity contribution in [2.24, 2.45) is 0 Å². The van der Waals surface area contributed by atoms with Crippen molar-refractivity contribution in [2.75, 3.05) is 27.5 Å². The number of fused-ring (bicyclic) bond motifs is 2. The van der Waals surface area contributed by atoms with Gasteiger partial charge in [-0.1, -0.05) is 84.0 Å². The van der Waals surface area contributed by atoms with E-state index in [2.05, 4.69) is 6.92 Å². The molecule has 0 saturated carbocycles. The van der Waals surface area contributed by atoms with Crippen LogP contribution in [0.5, 0.6) is 17.2 Å². The molecule has 2 heterocycles. The summed E-state index contributed by atoms with van der Waals surface area (Å²) in [5.74, 6) is 1.24. The standard InChI is InChI=1S/C16H32O2.C12H15NO4/c1-2-3-4-5-6-7-8-9-10-11-12-13-14-15-16(17)18;1-13-4-3-7-5-8-10(17-6-16-8)11(15-2)9(7)12(13)14/h2-15H2,1H3,(H,17,18);5,12,14H,3-4,6H2,1-2H3. The number of hydrogen-bond acceptors (Lipinski definition) is 6. The van der Waals surface area contributed by atoms with E-state index >= 15 is 0 Å². The van der Waals surface area contributed by atoms with Crippen LogP contribution in [-0.2, 0) is 11.2 Å². The molecule has 0 fully saturated rings. The molecule has 0 aliphatic carbocycles. The van der Waals surface area contributed by atoms with Crippen LogP contribution < -0.4 is 14.2 Å². The first-order valence-corrected chi connectivity index (χ1v) is 13.6. The number of nitrogens with zero attached hydrogens (tertiary/aromatic N) is 1. The molecule has 2 aliphatic heterocycles. The van der Waals surface area contributed by atoms with Gasteiger partial charge in [0.05, 0.1) is 7.11 Å². The Balaban J connectivity index is 0.000000247. The Kier molecular flexibility index (Phi) is 13.9. The molecule has 0 aromatic heterocycles. The molecule has 7 nitrogen and oxygen atoms in total. The van der Waals surface area contributed by atoms with Crippen molar-refractivity contribution in [1.29, 1.82) is 0 Å². The van der Waals surface area contributed by atoms with Gasteiger partial charge in [0.2, 0.25) is 12.5 Å². The lowest BCUT2D eigenvalue weighted by Crippen LogP contribution is -2.32. The average molecular weight is 494 g/mol. The topological polar surface area (TPSA) is 88.5 Å². The van der Waals surface area contributed by atoms with E-state index in [4.69, 9.17) is 19.3 Å². The molecule has 0 saturated heterocycles. The van der Waals surface area contributed by atoms with E-state index in [0.717, 1.165) is 36.9 Å². The Morgan fingerprint density at radius 2 is 1.57 bits per heavy atom. The second-order valence-corrected chi connectivity index (χ2v) is 9.71. The largest absolute Gasteiger partial charge is 0.492 e. The minimum Gasteiger partial charge on any atom is -0.492 e. The minimum atomic E-state index is -0.655. The zero-order valence-corrected chi connectivity index (χ0v) is 22.2. The Labute approximate surface area is 211 Å². The van der Waals surface area contributed by atoms with E-state index in [9.17, 15) is 9.90 Å². The lowest BCUT2D eigenvalue weighted by atomic mass is 9.96. The number of carboxylic acid groups (broad SMARTS) is 1. The first kappa shape index (κ1) is 29.2. The molecular formula is C28H47NO6. The van der Waals surface area contributed by atoms with Crippen molar-refractivity contribution < 1.29 is 29.2 Å². The summed E-state index contributed by atoms with van der Waals surface area (Å²) in [5.41, 5.74) is 1.86. The molecule has 7 heteroatoms. The summed E-state index contributed by atoms with van der Waals surface area (Å²) in [6.45, 7) is 3.29. The molecule has 1 atom stereocenters. The molecule has 35 heavy (non-hydrogen) atoms. The van der Waals surface area contributed by atoms with Crippen molar-refractivity contribution in [3.05, 3.63) is 17.2 Å². The van der Waals surface area contributed by atoms with E-state index in [1.807, 2.05) is 18.0 Å². The van der Waals surface area contributed by atoms with Crippen LogP contribution in [0.2, 0.25) is 0 Å². The second kappa shape index (κ2) is 16.6. The molecule has 0 spiro atoms. The number of aliphatic carboxylic acids is 1. The smallest absolute Gasteiger partial charge is 0.303 e. The van der Waals surface area contributed by atoms with Crippen molar-refractivity contribution >= 4 is 5.97 Å². The SMILES string of the molecule is CCCCCCCCCCCCCCCC(=O)O.COc1c2c(cc3c1C(O)N(C)CC3)OCO2. The maximum Gasteiger partial charge on any atom is 0.303 e. The third-order valence-corrected chi connectivity index (χ3v) is 6.85. The number of unbranched alkanes of at least 4 members (excludes halogenated alkanes) is 12. The first-order chi connectivity index (χ1) is 17.0. The van der Waals surface area contributed by atoms with Crippen LogP contribution in [0, 0.1) is 0 Å². The highest BCUT2D eigenvalue weighted by Crippen LogP contribution is 2.48. The van der Waals surface area contributed by atoms with Crippen molar-refractivity contribution in [2.45, 2.75) is 109 Å². The van der Waals surface area contributed by atoms with Crippen molar-refractivity contribution in [3.8, 4) is 17.2 Å². The number of carbonyl (C=O) groups is 1. The number of aliphatic hydroxyl groups excluding tert-OH is 1. The summed E-state index contributed by atoms with van der Waals surface area (Å²) < 4.78 is 16.1. The van der Waals surface area contributed by atoms with Crippen molar-refractivity contribution in [3.63, 3.8) is 0 Å². The van der Waals surface area contributed by atoms with Crippen LogP contribution in [0.15, 0.2) is 6.07 Å². The Hall–Kier alpha value is -1.99. The molecule has 1 aromatic carbocycles. The Morgan fingerprint density at radius 1 is 1.00 bits per heavy atom. The summed E-state index contributed by atoms with van der Waals surface area (Å²) in [6, 6.07) is 1.94. The van der Waals surface area contributed by atoms with Crippen LogP contribution in [0.25, 0.3) is 0 Å². The van der Waals surface area contributed by atoms with E-state index < -0.39 is 12.2 Å². The van der Waals surface area contributed by atoms with Crippen LogP contribution in [0.3, 0.4) is 0 Å². The summed E-state index contributed by atoms with van der Waals surface area (Å²) >= 11 is 0. The number of likely N-dealkylation sites (N-methyl/N-ethyl adjacent to an activating group) is 1. The molecule has 200 valence electrons. The minimum absolute atomic E-state index is 0.209. The number of benzene rings is 1. The summed E-state index contributed by atoms with van der Waals surface area (Å²) in [4.78, 5) is 12.2. The molecule has 1 unspecified atom stereocenters. The van der Waals surface area contributed by atoms with Gasteiger partial charge in [-0.2, -0.15) is 0 Å². The van der Waals surface area contributed by atoms with E-state index in [0.29, 0.717) is 23.7 Å². The lowest BCUT2D eigenvalue weighted by Gasteiger charge is -2.32. The van der Waals surface area contributed by atoms with Gasteiger partial charge < -0.3 is 24.4 Å². The van der Waals surface area contributed by atoms with E-state index in [1.165, 1.54) is 70.6 Å². The molecule has 0 radical (unpaired) electrons. The zero-order valence-electron chi connectivity index (χ0n) is 22.2. The molecular weight excluding hydrogens is 446 g/mol. The predicted molar refractivity (Wildman–Crippen MR) is 138 cm³/mol. The van der Waals surface area contributed by atoms with Gasteiger partial charge in [0.25, 0.3) is 0 Å². The Bertz CT molecular complexity index is 753. The Morgan fingerprint density at radius 3 is 2.11 bits per heavy atom. The number of methoxy groups -OCH3 is 1. The van der Waals surface area contributed by atoms with Gasteiger partial charge in [-0.15, -0.1) is 0 Å². The number of hydrogen-bond donors (Lipinski definition) is 2. The van der Waals surface area contributed by atoms with Crippen LogP contribution in [0.4, 0.5) is 0 Å². The van der Waals surface area contributed by atoms with Gasteiger partial charge in [0.15, 0.2) is 11.5 Å². The fourth-order valence-corrected chi connectivity index (χ4v) is 4.70. The molecule has 2 aliphatic rings. The van der Waals surface area contributed by atoms with Gasteiger partial charge in [0, 0.05) is 18.5 Å². The van der Waals surface area contributed by atoms with Gasteiger partial charge in [-0.25, -0.2) is 0 Å². The maximum atomic E-state index is 10.3. The molecule has 3 rings (SSSR count). The summed E-state index contributed by atoms with van der Waals surface area (Å²) in [7, 11) is 3.47. The highest BCUT2D eigenvalue weighted by atomic mass is 16.7. The molecule has 0 bridgehead atoms. The van der Waals surface area contributed by atoms with Gasteiger partial charge >= 0.3 is 5.97 Å². The number of carboxylic acids is 1. The lowest BCUT2D eigenvalue weighted by molar-refractivity contribution is -0.137. The third-order valence-electron chi connectivity index (χ3n) is 6.85. The normalized spacial score (nSPS) is 16.4. The van der Waals surface area contributed by atoms with Gasteiger partial charge in [0.1, 0.15) is 6.23 Å². The monoisotopic (exact) mass is 493 g/mol. The second-order valence-electron chi connectivity index (χ2n) is 9.71. The average Bonchev–Trinajstić information content (AvgIpc) is 3.32. The van der Waals surface area contributed by atoms with Crippen LogP contribution in [0.1, 0.15) is 114 Å². The van der Waals surface area contributed by atoms with Gasteiger partial charge in [-0.3, -0.25) is 9.69 Å². The van der Waals surface area contributed by atoms with Crippen molar-refractivity contribution in [1.82, 2.24) is 4.90 Å². The van der Waals surface area contributed by atoms with E-state index in [-0.39, 0.29) is 6.79 Å². The summed E-state index contributed by atoms with van der Waals surface area (Å²) in [6.07, 6.45) is 17.5. The fourth-order valence-electron chi connectivity index (χ4n) is 4.70. The maximum absolute atomic E-state index is 10.3. The number of ether oxygens (including phenoxy) is 3. The first-order valence-electron chi connectivity index (χ1n) is 13.6. The molecule has 2 N–H and O–H groups in total. The fraction of sp³-hybridized carbons (Fsp3) is 0.750. The summed E-state index contributed by atoms with van der Waals surface area (Å²) in [5, 5.41) is 18.7. The van der Waals surface area contributed by atoms with E-state index in [1.54, 1.807) is 7.11 Å². The van der Waals surface area contributed by atoms with Crippen LogP contribution in [-0.4, -0.2) is 48.6 Å². The number of rotatable bonds is 15. The highest BCUT2D eigenvalue weighted by Gasteiger charge is 2.32. The van der Waals surface area contributed by atoms with Crippen LogP contribution >= 0.6 is 0 Å². The third kappa shape index (κ3) is 9.88. The number of aliphatic hydroxyl groups is 1. The highest BCUT2D eigenvalue weighted by molar-refractivity contribution is 5.66. The quantitative estimate of drug-likeness (QED) is 0.271. The van der Waals surface area contributed by atoms with Gasteiger partial charge in [-0.05, 0) is 31.5 Å². The predicted octanol–water partition coefficient (Wildman–Crippen LogP) is 6.46. The molecule has 1 aromatic rings.